The van der Waals surface area contributed by atoms with E-state index >= 15 is 0 Å². The summed E-state index contributed by atoms with van der Waals surface area (Å²) < 4.78 is 1.89. The number of likely N-dealkylation sites (N-methyl/N-ethyl adjacent to an activating group) is 1. The summed E-state index contributed by atoms with van der Waals surface area (Å²) in [4.78, 5) is 24.7. The quantitative estimate of drug-likeness (QED) is 0.452. The average molecular weight is 428 g/mol. The maximum Gasteiger partial charge on any atom is 0.289 e. The number of carbonyl (C=O) groups excluding carboxylic acids is 1. The smallest absolute Gasteiger partial charge is 0.289 e. The molecule has 1 amide bonds. The Labute approximate surface area is 179 Å². The SMILES string of the molecule is Cc1nn(-c2ccccc2)c(C)c1CN(C)CC(=O)Nc1ccc(Cl)c([N+](=O)[O-])c1. The molecule has 3 aromatic rings. The van der Waals surface area contributed by atoms with Crippen molar-refractivity contribution < 1.29 is 9.72 Å². The Morgan fingerprint density at radius 2 is 1.93 bits per heavy atom. The van der Waals surface area contributed by atoms with Crippen LogP contribution in [0.3, 0.4) is 0 Å². The third kappa shape index (κ3) is 4.84. The van der Waals surface area contributed by atoms with E-state index in [0.717, 1.165) is 22.6 Å². The van der Waals surface area contributed by atoms with Gasteiger partial charge in [0.2, 0.25) is 5.91 Å². The average Bonchev–Trinajstić information content (AvgIpc) is 2.98. The van der Waals surface area contributed by atoms with Crippen LogP contribution in [0.5, 0.6) is 0 Å². The normalized spacial score (nSPS) is 11.0. The van der Waals surface area contributed by atoms with Gasteiger partial charge in [-0.25, -0.2) is 4.68 Å². The number of anilines is 1. The van der Waals surface area contributed by atoms with Gasteiger partial charge in [-0.1, -0.05) is 29.8 Å². The van der Waals surface area contributed by atoms with Crippen LogP contribution in [0.4, 0.5) is 11.4 Å². The van der Waals surface area contributed by atoms with Crippen LogP contribution in [0.25, 0.3) is 5.69 Å². The highest BCUT2D eigenvalue weighted by Gasteiger charge is 2.17. The first-order valence-electron chi connectivity index (χ1n) is 9.29. The molecule has 156 valence electrons. The first-order valence-corrected chi connectivity index (χ1v) is 9.67. The molecule has 0 aliphatic carbocycles. The zero-order valence-corrected chi connectivity index (χ0v) is 17.7. The summed E-state index contributed by atoms with van der Waals surface area (Å²) in [7, 11) is 1.84. The summed E-state index contributed by atoms with van der Waals surface area (Å²) in [5.74, 6) is -0.278. The van der Waals surface area contributed by atoms with E-state index < -0.39 is 4.92 Å². The van der Waals surface area contributed by atoms with Crippen LogP contribution >= 0.6 is 11.6 Å². The minimum atomic E-state index is -0.583. The number of hydrogen-bond donors (Lipinski definition) is 1. The summed E-state index contributed by atoms with van der Waals surface area (Å²) in [6.45, 7) is 4.61. The molecule has 9 heteroatoms. The minimum absolute atomic E-state index is 0.0245. The second-order valence-corrected chi connectivity index (χ2v) is 7.45. The third-order valence-electron chi connectivity index (χ3n) is 4.71. The number of hydrogen-bond acceptors (Lipinski definition) is 5. The van der Waals surface area contributed by atoms with Crippen molar-refractivity contribution in [3.05, 3.63) is 80.6 Å². The van der Waals surface area contributed by atoms with Gasteiger partial charge in [0.1, 0.15) is 5.02 Å². The van der Waals surface area contributed by atoms with Gasteiger partial charge in [0, 0.05) is 29.6 Å². The minimum Gasteiger partial charge on any atom is -0.325 e. The molecule has 0 saturated heterocycles. The largest absolute Gasteiger partial charge is 0.325 e. The van der Waals surface area contributed by atoms with Crippen LogP contribution in [-0.2, 0) is 11.3 Å². The second-order valence-electron chi connectivity index (χ2n) is 7.04. The molecule has 0 atom stereocenters. The van der Waals surface area contributed by atoms with Crippen molar-refractivity contribution in [2.75, 3.05) is 18.9 Å². The molecular weight excluding hydrogens is 406 g/mol. The maximum atomic E-state index is 12.4. The van der Waals surface area contributed by atoms with Crippen molar-refractivity contribution in [1.82, 2.24) is 14.7 Å². The molecule has 0 fully saturated rings. The summed E-state index contributed by atoms with van der Waals surface area (Å²) in [5.41, 5.74) is 4.03. The fraction of sp³-hybridized carbons (Fsp3) is 0.238. The Balaban J connectivity index is 1.67. The molecule has 2 aromatic carbocycles. The Morgan fingerprint density at radius 3 is 2.60 bits per heavy atom. The molecule has 30 heavy (non-hydrogen) atoms. The number of nitro groups is 1. The van der Waals surface area contributed by atoms with Gasteiger partial charge in [-0.3, -0.25) is 19.8 Å². The van der Waals surface area contributed by atoms with Crippen molar-refractivity contribution >= 4 is 28.9 Å². The molecule has 1 N–H and O–H groups in total. The molecule has 0 saturated carbocycles. The summed E-state index contributed by atoms with van der Waals surface area (Å²) in [6.07, 6.45) is 0. The standard InChI is InChI=1S/C21H22ClN5O3/c1-14-18(15(2)26(24-14)17-7-5-4-6-8-17)12-25(3)13-21(28)23-16-9-10-19(22)20(11-16)27(29)30/h4-11H,12-13H2,1-3H3,(H,23,28). The Kier molecular flexibility index (Phi) is 6.49. The molecule has 3 rings (SSSR count). The lowest BCUT2D eigenvalue weighted by molar-refractivity contribution is -0.384. The Hall–Kier alpha value is -3.23. The van der Waals surface area contributed by atoms with E-state index in [1.807, 2.05) is 60.8 Å². The van der Waals surface area contributed by atoms with Crippen molar-refractivity contribution in [1.29, 1.82) is 0 Å². The van der Waals surface area contributed by atoms with Gasteiger partial charge in [0.15, 0.2) is 0 Å². The number of para-hydroxylation sites is 1. The zero-order chi connectivity index (χ0) is 21.8. The number of halogens is 1. The number of amides is 1. The number of benzene rings is 2. The monoisotopic (exact) mass is 427 g/mol. The van der Waals surface area contributed by atoms with Crippen molar-refractivity contribution in [3.63, 3.8) is 0 Å². The zero-order valence-electron chi connectivity index (χ0n) is 16.9. The van der Waals surface area contributed by atoms with E-state index in [0.29, 0.717) is 12.2 Å². The van der Waals surface area contributed by atoms with Gasteiger partial charge >= 0.3 is 0 Å². The number of carbonyl (C=O) groups is 1. The number of aryl methyl sites for hydroxylation is 1. The highest BCUT2D eigenvalue weighted by Crippen LogP contribution is 2.27. The fourth-order valence-corrected chi connectivity index (χ4v) is 3.41. The molecule has 0 radical (unpaired) electrons. The number of nitrogens with one attached hydrogen (secondary N) is 1. The molecule has 0 aliphatic heterocycles. The number of nitrogens with zero attached hydrogens (tertiary/aromatic N) is 4. The van der Waals surface area contributed by atoms with E-state index in [2.05, 4.69) is 10.4 Å². The summed E-state index contributed by atoms with van der Waals surface area (Å²) in [6, 6.07) is 14.0. The predicted octanol–water partition coefficient (Wildman–Crippen LogP) is 4.12. The molecule has 1 heterocycles. The van der Waals surface area contributed by atoms with E-state index in [-0.39, 0.29) is 23.2 Å². The van der Waals surface area contributed by atoms with Crippen LogP contribution in [0.1, 0.15) is 17.0 Å². The van der Waals surface area contributed by atoms with Crippen LogP contribution in [-0.4, -0.2) is 39.1 Å². The number of rotatable bonds is 7. The van der Waals surface area contributed by atoms with Crippen molar-refractivity contribution in [2.24, 2.45) is 0 Å². The van der Waals surface area contributed by atoms with Crippen LogP contribution in [0.2, 0.25) is 5.02 Å². The molecule has 0 aliphatic rings. The van der Waals surface area contributed by atoms with Gasteiger partial charge in [0.05, 0.1) is 22.8 Å². The number of nitro benzene ring substituents is 1. The highest BCUT2D eigenvalue weighted by molar-refractivity contribution is 6.32. The van der Waals surface area contributed by atoms with Gasteiger partial charge in [-0.05, 0) is 45.2 Å². The number of aromatic nitrogens is 2. The van der Waals surface area contributed by atoms with E-state index in [1.165, 1.54) is 18.2 Å². The molecule has 0 bridgehead atoms. The summed E-state index contributed by atoms with van der Waals surface area (Å²) >= 11 is 5.81. The van der Waals surface area contributed by atoms with Crippen molar-refractivity contribution in [3.8, 4) is 5.69 Å². The third-order valence-corrected chi connectivity index (χ3v) is 5.03. The highest BCUT2D eigenvalue weighted by atomic mass is 35.5. The second kappa shape index (κ2) is 9.06. The van der Waals surface area contributed by atoms with Gasteiger partial charge in [-0.15, -0.1) is 0 Å². The summed E-state index contributed by atoms with van der Waals surface area (Å²) in [5, 5.41) is 18.3. The fourth-order valence-electron chi connectivity index (χ4n) is 3.23. The molecule has 0 unspecified atom stereocenters. The van der Waals surface area contributed by atoms with Gasteiger partial charge in [0.25, 0.3) is 5.69 Å². The predicted molar refractivity (Wildman–Crippen MR) is 116 cm³/mol. The molecule has 8 nitrogen and oxygen atoms in total. The first-order chi connectivity index (χ1) is 14.3. The van der Waals surface area contributed by atoms with E-state index in [9.17, 15) is 14.9 Å². The first kappa shape index (κ1) is 21.5. The van der Waals surface area contributed by atoms with Crippen LogP contribution in [0, 0.1) is 24.0 Å². The molecular formula is C21H22ClN5O3. The van der Waals surface area contributed by atoms with E-state index in [4.69, 9.17) is 11.6 Å². The molecule has 1 aromatic heterocycles. The Morgan fingerprint density at radius 1 is 1.23 bits per heavy atom. The lowest BCUT2D eigenvalue weighted by Gasteiger charge is -2.17. The molecule has 0 spiro atoms. The van der Waals surface area contributed by atoms with Crippen LogP contribution < -0.4 is 5.32 Å². The van der Waals surface area contributed by atoms with Crippen molar-refractivity contribution in [2.45, 2.75) is 20.4 Å². The van der Waals surface area contributed by atoms with Gasteiger partial charge < -0.3 is 5.32 Å². The Bertz CT molecular complexity index is 1080. The van der Waals surface area contributed by atoms with E-state index in [1.54, 1.807) is 0 Å². The van der Waals surface area contributed by atoms with Gasteiger partial charge in [-0.2, -0.15) is 5.10 Å². The lowest BCUT2D eigenvalue weighted by Crippen LogP contribution is -2.30. The lowest BCUT2D eigenvalue weighted by atomic mass is 10.2. The van der Waals surface area contributed by atoms with Crippen LogP contribution in [0.15, 0.2) is 48.5 Å². The maximum absolute atomic E-state index is 12.4. The topological polar surface area (TPSA) is 93.3 Å².